The van der Waals surface area contributed by atoms with E-state index >= 15 is 0 Å². The number of para-hydroxylation sites is 1. The summed E-state index contributed by atoms with van der Waals surface area (Å²) in [5.74, 6) is -0.454. The highest BCUT2D eigenvalue weighted by atomic mass is 32.2. The van der Waals surface area contributed by atoms with Gasteiger partial charge in [0.05, 0.1) is 16.5 Å². The van der Waals surface area contributed by atoms with E-state index in [0.717, 1.165) is 36.9 Å². The Hall–Kier alpha value is -2.65. The highest BCUT2D eigenvalue weighted by Crippen LogP contribution is 2.35. The molecule has 4 rings (SSSR count). The first-order valence-corrected chi connectivity index (χ1v) is 9.56. The Balaban J connectivity index is 1.61. The number of imide groups is 1. The average Bonchev–Trinajstić information content (AvgIpc) is 2.95. The molecule has 0 bridgehead atoms. The normalized spacial score (nSPS) is 19.3. The highest BCUT2D eigenvalue weighted by Gasteiger charge is 2.40. The van der Waals surface area contributed by atoms with Crippen LogP contribution in [0.1, 0.15) is 36.1 Å². The van der Waals surface area contributed by atoms with Gasteiger partial charge in [-0.15, -0.1) is 0 Å². The molecule has 2 aliphatic rings. The van der Waals surface area contributed by atoms with Gasteiger partial charge in [0, 0.05) is 12.1 Å². The first-order valence-electron chi connectivity index (χ1n) is 8.69. The molecule has 2 aromatic rings. The minimum atomic E-state index is -0.538. The zero-order valence-electron chi connectivity index (χ0n) is 14.1. The first kappa shape index (κ1) is 16.8. The van der Waals surface area contributed by atoms with E-state index in [4.69, 9.17) is 0 Å². The number of thioether (sulfide) groups is 1. The predicted octanol–water partition coefficient (Wildman–Crippen LogP) is 3.26. The van der Waals surface area contributed by atoms with E-state index in [0.29, 0.717) is 16.3 Å². The molecule has 2 amide bonds. The molecule has 130 valence electrons. The van der Waals surface area contributed by atoms with E-state index in [1.807, 2.05) is 12.1 Å². The fraction of sp³-hybridized carbons (Fsp3) is 0.300. The molecular weight excluding hydrogens is 346 g/mol. The van der Waals surface area contributed by atoms with Gasteiger partial charge in [-0.3, -0.25) is 9.59 Å². The van der Waals surface area contributed by atoms with Gasteiger partial charge in [-0.2, -0.15) is 5.26 Å². The second-order valence-electron chi connectivity index (χ2n) is 6.48. The standard InChI is InChI=1S/C20H17N3O2S/c21-12-14-10-13-6-4-5-9-16(13)22-19(14)26-17-11-18(24)23(20(17)25)15-7-2-1-3-8-15/h1-3,7-8,10,17H,4-6,9,11H2/t17-/m1/s1. The van der Waals surface area contributed by atoms with Crippen LogP contribution in [0.2, 0.25) is 0 Å². The Labute approximate surface area is 156 Å². The number of carbonyl (C=O) groups excluding carboxylic acids is 2. The van der Waals surface area contributed by atoms with Crippen LogP contribution >= 0.6 is 11.8 Å². The summed E-state index contributed by atoms with van der Waals surface area (Å²) >= 11 is 1.24. The fourth-order valence-corrected chi connectivity index (χ4v) is 4.56. The summed E-state index contributed by atoms with van der Waals surface area (Å²) in [6.45, 7) is 0. The smallest absolute Gasteiger partial charge is 0.247 e. The molecule has 5 nitrogen and oxygen atoms in total. The van der Waals surface area contributed by atoms with E-state index < -0.39 is 5.25 Å². The van der Waals surface area contributed by atoms with Crippen molar-refractivity contribution < 1.29 is 9.59 Å². The number of hydrogen-bond acceptors (Lipinski definition) is 5. The summed E-state index contributed by atoms with van der Waals surface area (Å²) in [4.78, 5) is 31.1. The molecule has 6 heteroatoms. The Morgan fingerprint density at radius 3 is 2.69 bits per heavy atom. The second-order valence-corrected chi connectivity index (χ2v) is 7.67. The van der Waals surface area contributed by atoms with Crippen molar-refractivity contribution in [3.05, 3.63) is 53.2 Å². The van der Waals surface area contributed by atoms with Crippen molar-refractivity contribution in [1.82, 2.24) is 4.98 Å². The van der Waals surface area contributed by atoms with Gasteiger partial charge in [0.2, 0.25) is 11.8 Å². The summed E-state index contributed by atoms with van der Waals surface area (Å²) in [6, 6.07) is 13.0. The number of aryl methyl sites for hydroxylation is 2. The minimum Gasteiger partial charge on any atom is -0.274 e. The molecule has 0 N–H and O–H groups in total. The number of pyridine rings is 1. The maximum Gasteiger partial charge on any atom is 0.247 e. The lowest BCUT2D eigenvalue weighted by Gasteiger charge is -2.18. The first-order chi connectivity index (χ1) is 12.7. The number of carbonyl (C=O) groups is 2. The van der Waals surface area contributed by atoms with Crippen LogP contribution in [-0.2, 0) is 22.4 Å². The van der Waals surface area contributed by atoms with Crippen molar-refractivity contribution in [2.24, 2.45) is 0 Å². The number of aromatic nitrogens is 1. The number of nitrogens with zero attached hydrogens (tertiary/aromatic N) is 3. The molecular formula is C20H17N3O2S. The zero-order valence-corrected chi connectivity index (χ0v) is 15.0. The Morgan fingerprint density at radius 2 is 1.92 bits per heavy atom. The number of amides is 2. The molecule has 26 heavy (non-hydrogen) atoms. The third-order valence-electron chi connectivity index (χ3n) is 4.76. The lowest BCUT2D eigenvalue weighted by molar-refractivity contribution is -0.121. The van der Waals surface area contributed by atoms with Gasteiger partial charge in [0.1, 0.15) is 11.1 Å². The molecule has 0 unspecified atom stereocenters. The van der Waals surface area contributed by atoms with Crippen LogP contribution in [0.25, 0.3) is 0 Å². The molecule has 0 spiro atoms. The highest BCUT2D eigenvalue weighted by molar-refractivity contribution is 8.00. The van der Waals surface area contributed by atoms with E-state index in [-0.39, 0.29) is 18.2 Å². The van der Waals surface area contributed by atoms with Gasteiger partial charge in [0.25, 0.3) is 0 Å². The summed E-state index contributed by atoms with van der Waals surface area (Å²) in [6.07, 6.45) is 4.20. The maximum absolute atomic E-state index is 12.8. The molecule has 1 aliphatic heterocycles. The molecule has 1 aromatic heterocycles. The Bertz CT molecular complexity index is 921. The van der Waals surface area contributed by atoms with Crippen molar-refractivity contribution >= 4 is 29.3 Å². The molecule has 0 saturated carbocycles. The van der Waals surface area contributed by atoms with Crippen molar-refractivity contribution in [1.29, 1.82) is 5.26 Å². The lowest BCUT2D eigenvalue weighted by Crippen LogP contribution is -2.31. The van der Waals surface area contributed by atoms with Crippen LogP contribution in [0.15, 0.2) is 41.4 Å². The van der Waals surface area contributed by atoms with E-state index in [2.05, 4.69) is 11.1 Å². The van der Waals surface area contributed by atoms with Crippen molar-refractivity contribution in [2.45, 2.75) is 42.4 Å². The van der Waals surface area contributed by atoms with Gasteiger partial charge in [-0.05, 0) is 49.4 Å². The van der Waals surface area contributed by atoms with E-state index in [1.165, 1.54) is 16.7 Å². The van der Waals surface area contributed by atoms with Crippen LogP contribution < -0.4 is 4.90 Å². The van der Waals surface area contributed by atoms with E-state index in [1.54, 1.807) is 24.3 Å². The summed E-state index contributed by atoms with van der Waals surface area (Å²) in [7, 11) is 0. The molecule has 1 atom stereocenters. The SMILES string of the molecule is N#Cc1cc2c(nc1S[C@@H]1CC(=O)N(c3ccccc3)C1=O)CCCC2. The van der Waals surface area contributed by atoms with Crippen molar-refractivity contribution in [3.63, 3.8) is 0 Å². The summed E-state index contributed by atoms with van der Waals surface area (Å²) in [5, 5.41) is 9.50. The number of benzene rings is 1. The zero-order chi connectivity index (χ0) is 18.1. The molecule has 1 saturated heterocycles. The molecule has 1 aromatic carbocycles. The van der Waals surface area contributed by atoms with Crippen LogP contribution in [0.5, 0.6) is 0 Å². The molecule has 0 radical (unpaired) electrons. The molecule has 1 aliphatic carbocycles. The molecule has 1 fully saturated rings. The average molecular weight is 363 g/mol. The van der Waals surface area contributed by atoms with Crippen LogP contribution in [0, 0.1) is 11.3 Å². The fourth-order valence-electron chi connectivity index (χ4n) is 3.46. The third kappa shape index (κ3) is 2.99. The van der Waals surface area contributed by atoms with Gasteiger partial charge in [-0.25, -0.2) is 9.88 Å². The minimum absolute atomic E-state index is 0.127. The van der Waals surface area contributed by atoms with Gasteiger partial charge in [0.15, 0.2) is 0 Å². The van der Waals surface area contributed by atoms with Gasteiger partial charge < -0.3 is 0 Å². The largest absolute Gasteiger partial charge is 0.274 e. The van der Waals surface area contributed by atoms with Crippen molar-refractivity contribution in [3.8, 4) is 6.07 Å². The third-order valence-corrected chi connectivity index (χ3v) is 5.95. The lowest BCUT2D eigenvalue weighted by atomic mass is 9.95. The van der Waals surface area contributed by atoms with E-state index in [9.17, 15) is 14.9 Å². The topological polar surface area (TPSA) is 74.1 Å². The summed E-state index contributed by atoms with van der Waals surface area (Å²) in [5.41, 5.74) is 3.24. The van der Waals surface area contributed by atoms with Gasteiger partial charge in [-0.1, -0.05) is 30.0 Å². The van der Waals surface area contributed by atoms with Crippen LogP contribution in [0.3, 0.4) is 0 Å². The van der Waals surface area contributed by atoms with Crippen LogP contribution in [0.4, 0.5) is 5.69 Å². The summed E-state index contributed by atoms with van der Waals surface area (Å²) < 4.78 is 0. The predicted molar refractivity (Wildman–Crippen MR) is 98.8 cm³/mol. The number of nitriles is 1. The van der Waals surface area contributed by atoms with Gasteiger partial charge >= 0.3 is 0 Å². The number of fused-ring (bicyclic) bond motifs is 1. The second kappa shape index (κ2) is 6.93. The number of rotatable bonds is 3. The number of anilines is 1. The monoisotopic (exact) mass is 363 g/mol. The molecule has 2 heterocycles. The Kier molecular flexibility index (Phi) is 4.48. The van der Waals surface area contributed by atoms with Crippen molar-refractivity contribution in [2.75, 3.05) is 4.90 Å². The maximum atomic E-state index is 12.8. The van der Waals surface area contributed by atoms with Crippen LogP contribution in [-0.4, -0.2) is 22.0 Å². The quantitative estimate of drug-likeness (QED) is 0.783. The Morgan fingerprint density at radius 1 is 1.15 bits per heavy atom. The number of hydrogen-bond donors (Lipinski definition) is 0.